The molecule has 1 aliphatic rings. The summed E-state index contributed by atoms with van der Waals surface area (Å²) in [6.07, 6.45) is 7.44. The first-order valence-corrected chi connectivity index (χ1v) is 6.31. The Morgan fingerprint density at radius 1 is 1.47 bits per heavy atom. The molecule has 0 aliphatic carbocycles. The predicted octanol–water partition coefficient (Wildman–Crippen LogP) is 1.49. The van der Waals surface area contributed by atoms with E-state index in [4.69, 9.17) is 16.2 Å². The van der Waals surface area contributed by atoms with Gasteiger partial charge in [-0.05, 0) is 49.8 Å². The van der Waals surface area contributed by atoms with Gasteiger partial charge in [-0.2, -0.15) is 0 Å². The number of anilines is 1. The van der Waals surface area contributed by atoms with Crippen LogP contribution in [0.3, 0.4) is 0 Å². The van der Waals surface area contributed by atoms with Crippen molar-refractivity contribution in [2.75, 3.05) is 12.3 Å². The van der Waals surface area contributed by atoms with Crippen LogP contribution in [-0.2, 0) is 11.2 Å². The summed E-state index contributed by atoms with van der Waals surface area (Å²) in [4.78, 5) is 3.98. The second-order valence-corrected chi connectivity index (χ2v) is 4.78. The van der Waals surface area contributed by atoms with Crippen LogP contribution >= 0.6 is 0 Å². The van der Waals surface area contributed by atoms with Crippen molar-refractivity contribution in [2.24, 2.45) is 5.73 Å². The van der Waals surface area contributed by atoms with E-state index >= 15 is 0 Å². The second kappa shape index (κ2) is 5.98. The van der Waals surface area contributed by atoms with Crippen molar-refractivity contribution in [1.29, 1.82) is 0 Å². The number of pyridine rings is 1. The predicted molar refractivity (Wildman–Crippen MR) is 68.5 cm³/mol. The van der Waals surface area contributed by atoms with Gasteiger partial charge in [0.1, 0.15) is 5.82 Å². The summed E-state index contributed by atoms with van der Waals surface area (Å²) in [5, 5.41) is 0. The van der Waals surface area contributed by atoms with E-state index in [9.17, 15) is 0 Å². The molecule has 1 aromatic rings. The molecule has 4 N–H and O–H groups in total. The largest absolute Gasteiger partial charge is 0.384 e. The van der Waals surface area contributed by atoms with Gasteiger partial charge in [-0.25, -0.2) is 4.98 Å². The number of aromatic nitrogens is 1. The van der Waals surface area contributed by atoms with Gasteiger partial charge in [-0.1, -0.05) is 0 Å². The first kappa shape index (κ1) is 12.3. The van der Waals surface area contributed by atoms with Crippen molar-refractivity contribution in [2.45, 2.75) is 44.2 Å². The van der Waals surface area contributed by atoms with E-state index in [0.717, 1.165) is 31.4 Å². The minimum atomic E-state index is 0.139. The Morgan fingerprint density at radius 2 is 2.35 bits per heavy atom. The van der Waals surface area contributed by atoms with E-state index in [1.165, 1.54) is 12.8 Å². The highest BCUT2D eigenvalue weighted by Crippen LogP contribution is 2.18. The van der Waals surface area contributed by atoms with Crippen molar-refractivity contribution in [3.05, 3.63) is 23.9 Å². The number of ether oxygens (including phenoxy) is 1. The highest BCUT2D eigenvalue weighted by atomic mass is 16.5. The topological polar surface area (TPSA) is 74.2 Å². The Hall–Kier alpha value is -1.13. The highest BCUT2D eigenvalue weighted by Gasteiger charge is 2.17. The van der Waals surface area contributed by atoms with Crippen LogP contribution < -0.4 is 11.5 Å². The molecule has 0 spiro atoms. The van der Waals surface area contributed by atoms with E-state index in [0.29, 0.717) is 11.9 Å². The van der Waals surface area contributed by atoms with Crippen molar-refractivity contribution >= 4 is 5.82 Å². The maximum atomic E-state index is 6.15. The molecule has 94 valence electrons. The molecule has 2 rings (SSSR count). The van der Waals surface area contributed by atoms with Gasteiger partial charge in [0.2, 0.25) is 0 Å². The lowest BCUT2D eigenvalue weighted by Gasteiger charge is -2.25. The lowest BCUT2D eigenvalue weighted by Crippen LogP contribution is -2.31. The Morgan fingerprint density at radius 3 is 3.06 bits per heavy atom. The number of hydrogen-bond donors (Lipinski definition) is 2. The van der Waals surface area contributed by atoms with Gasteiger partial charge < -0.3 is 16.2 Å². The Labute approximate surface area is 102 Å². The zero-order valence-corrected chi connectivity index (χ0v) is 10.1. The zero-order chi connectivity index (χ0) is 12.1. The van der Waals surface area contributed by atoms with E-state index in [1.54, 1.807) is 6.20 Å². The van der Waals surface area contributed by atoms with Crippen LogP contribution in [0, 0.1) is 0 Å². The van der Waals surface area contributed by atoms with Gasteiger partial charge in [-0.3, -0.25) is 0 Å². The molecule has 4 nitrogen and oxygen atoms in total. The third-order valence-corrected chi connectivity index (χ3v) is 3.18. The second-order valence-electron chi connectivity index (χ2n) is 4.78. The third kappa shape index (κ3) is 3.98. The van der Waals surface area contributed by atoms with Crippen molar-refractivity contribution in [3.63, 3.8) is 0 Å². The molecule has 2 heterocycles. The van der Waals surface area contributed by atoms with Gasteiger partial charge in [0.05, 0.1) is 6.10 Å². The molecule has 0 saturated carbocycles. The minimum absolute atomic E-state index is 0.139. The number of rotatable bonds is 4. The quantitative estimate of drug-likeness (QED) is 0.829. The fraction of sp³-hybridized carbons (Fsp3) is 0.615. The number of nitrogen functional groups attached to an aromatic ring is 1. The van der Waals surface area contributed by atoms with Gasteiger partial charge in [-0.15, -0.1) is 0 Å². The Balaban J connectivity index is 1.82. The van der Waals surface area contributed by atoms with Crippen molar-refractivity contribution in [1.82, 2.24) is 4.98 Å². The maximum absolute atomic E-state index is 6.15. The Kier molecular flexibility index (Phi) is 4.34. The standard InChI is InChI=1S/C13H21N3O/c14-11(9-12-3-1-2-6-17-12)7-10-4-5-16-13(15)8-10/h4-5,8,11-12H,1-3,6-7,9,14H2,(H2,15,16). The lowest BCUT2D eigenvalue weighted by molar-refractivity contribution is 0.00747. The molecule has 1 fully saturated rings. The lowest BCUT2D eigenvalue weighted by atomic mass is 9.98. The molecular formula is C13H21N3O. The molecule has 2 unspecified atom stereocenters. The van der Waals surface area contributed by atoms with E-state index in [-0.39, 0.29) is 6.04 Å². The molecule has 1 aromatic heterocycles. The van der Waals surface area contributed by atoms with Gasteiger partial charge in [0, 0.05) is 18.8 Å². The molecule has 1 aliphatic heterocycles. The summed E-state index contributed by atoms with van der Waals surface area (Å²) >= 11 is 0. The fourth-order valence-corrected chi connectivity index (χ4v) is 2.34. The summed E-state index contributed by atoms with van der Waals surface area (Å²) < 4.78 is 5.69. The molecule has 17 heavy (non-hydrogen) atoms. The van der Waals surface area contributed by atoms with Crippen LogP contribution in [-0.4, -0.2) is 23.7 Å². The van der Waals surface area contributed by atoms with E-state index in [2.05, 4.69) is 4.98 Å². The molecule has 2 atom stereocenters. The summed E-state index contributed by atoms with van der Waals surface area (Å²) in [7, 11) is 0. The Bertz CT molecular complexity index is 350. The molecule has 0 amide bonds. The molecule has 4 heteroatoms. The molecule has 0 aromatic carbocycles. The highest BCUT2D eigenvalue weighted by molar-refractivity contribution is 5.32. The first-order chi connectivity index (χ1) is 8.24. The average molecular weight is 235 g/mol. The minimum Gasteiger partial charge on any atom is -0.384 e. The summed E-state index contributed by atoms with van der Waals surface area (Å²) in [5.74, 6) is 0.559. The number of nitrogens with zero attached hydrogens (tertiary/aromatic N) is 1. The van der Waals surface area contributed by atoms with Crippen LogP contribution in [0.15, 0.2) is 18.3 Å². The van der Waals surface area contributed by atoms with Crippen LogP contribution in [0.1, 0.15) is 31.2 Å². The van der Waals surface area contributed by atoms with Crippen LogP contribution in [0.25, 0.3) is 0 Å². The van der Waals surface area contributed by atoms with E-state index in [1.807, 2.05) is 12.1 Å². The normalized spacial score (nSPS) is 22.3. The van der Waals surface area contributed by atoms with E-state index < -0.39 is 0 Å². The molecule has 0 radical (unpaired) electrons. The van der Waals surface area contributed by atoms with Gasteiger partial charge in [0.15, 0.2) is 0 Å². The summed E-state index contributed by atoms with van der Waals surface area (Å²) in [5.41, 5.74) is 12.9. The fourth-order valence-electron chi connectivity index (χ4n) is 2.34. The number of hydrogen-bond acceptors (Lipinski definition) is 4. The maximum Gasteiger partial charge on any atom is 0.123 e. The summed E-state index contributed by atoms with van der Waals surface area (Å²) in [6, 6.07) is 4.00. The third-order valence-electron chi connectivity index (χ3n) is 3.18. The van der Waals surface area contributed by atoms with Crippen LogP contribution in [0.4, 0.5) is 5.82 Å². The zero-order valence-electron chi connectivity index (χ0n) is 10.1. The van der Waals surface area contributed by atoms with Crippen LogP contribution in [0.2, 0.25) is 0 Å². The average Bonchev–Trinajstić information content (AvgIpc) is 2.30. The molecular weight excluding hydrogens is 214 g/mol. The molecule has 1 saturated heterocycles. The number of nitrogens with two attached hydrogens (primary N) is 2. The smallest absolute Gasteiger partial charge is 0.123 e. The first-order valence-electron chi connectivity index (χ1n) is 6.31. The monoisotopic (exact) mass is 235 g/mol. The summed E-state index contributed by atoms with van der Waals surface area (Å²) in [6.45, 7) is 0.888. The van der Waals surface area contributed by atoms with Gasteiger partial charge in [0.25, 0.3) is 0 Å². The van der Waals surface area contributed by atoms with Crippen LogP contribution in [0.5, 0.6) is 0 Å². The SMILES string of the molecule is Nc1cc(CC(N)CC2CCCCO2)ccn1. The molecule has 0 bridgehead atoms. The van der Waals surface area contributed by atoms with Crippen molar-refractivity contribution in [3.8, 4) is 0 Å². The van der Waals surface area contributed by atoms with Gasteiger partial charge >= 0.3 is 0 Å². The van der Waals surface area contributed by atoms with Crippen molar-refractivity contribution < 1.29 is 4.74 Å².